The number of nitrogens with zero attached hydrogens (tertiary/aromatic N) is 1. The Balaban J connectivity index is 2.62. The van der Waals surface area contributed by atoms with Gasteiger partial charge in [0.1, 0.15) is 17.4 Å². The van der Waals surface area contributed by atoms with Crippen LogP contribution in [-0.4, -0.2) is 19.1 Å². The summed E-state index contributed by atoms with van der Waals surface area (Å²) in [5.74, 6) is -0.665. The van der Waals surface area contributed by atoms with Crippen LogP contribution in [0.2, 0.25) is 0 Å². The number of ether oxygens (including phenoxy) is 1. The molecular weight excluding hydrogens is 262 g/mol. The van der Waals surface area contributed by atoms with Crippen LogP contribution in [0.5, 0.6) is 5.75 Å². The van der Waals surface area contributed by atoms with E-state index < -0.39 is 17.7 Å². The molecule has 1 aromatic carbocycles. The number of rotatable bonds is 4. The highest BCUT2D eigenvalue weighted by Gasteiger charge is 2.24. The van der Waals surface area contributed by atoms with Crippen LogP contribution < -0.4 is 10.1 Å². The Morgan fingerprint density at radius 1 is 1.25 bits per heavy atom. The van der Waals surface area contributed by atoms with E-state index in [-0.39, 0.29) is 5.56 Å². The van der Waals surface area contributed by atoms with Crippen molar-refractivity contribution in [3.8, 4) is 5.75 Å². The van der Waals surface area contributed by atoms with E-state index in [2.05, 4.69) is 10.3 Å². The second-order valence-electron chi connectivity index (χ2n) is 4.43. The molecule has 106 valence electrons. The van der Waals surface area contributed by atoms with Crippen molar-refractivity contribution < 1.29 is 13.5 Å². The van der Waals surface area contributed by atoms with Crippen LogP contribution in [0.1, 0.15) is 22.7 Å². The minimum Gasteiger partial charge on any atom is -0.495 e. The van der Waals surface area contributed by atoms with Gasteiger partial charge in [0.25, 0.3) is 0 Å². The van der Waals surface area contributed by atoms with Crippen LogP contribution in [0.4, 0.5) is 8.78 Å². The third-order valence-corrected chi connectivity index (χ3v) is 3.24. The number of aromatic nitrogens is 1. The maximum atomic E-state index is 14.3. The number of pyridine rings is 1. The molecule has 2 rings (SSSR count). The van der Waals surface area contributed by atoms with Gasteiger partial charge in [-0.05, 0) is 31.7 Å². The molecule has 0 radical (unpaired) electrons. The highest BCUT2D eigenvalue weighted by Crippen LogP contribution is 2.32. The zero-order chi connectivity index (χ0) is 14.7. The van der Waals surface area contributed by atoms with Crippen molar-refractivity contribution in [3.63, 3.8) is 0 Å². The summed E-state index contributed by atoms with van der Waals surface area (Å²) in [5.41, 5.74) is 1.01. The fourth-order valence-corrected chi connectivity index (χ4v) is 2.20. The van der Waals surface area contributed by atoms with Gasteiger partial charge < -0.3 is 10.1 Å². The third-order valence-electron chi connectivity index (χ3n) is 3.24. The van der Waals surface area contributed by atoms with E-state index in [9.17, 15) is 8.78 Å². The number of aryl methyl sites for hydroxylation is 1. The molecule has 1 atom stereocenters. The summed E-state index contributed by atoms with van der Waals surface area (Å²) < 4.78 is 33.5. The normalized spacial score (nSPS) is 12.2. The van der Waals surface area contributed by atoms with Gasteiger partial charge in [-0.2, -0.15) is 0 Å². The van der Waals surface area contributed by atoms with E-state index in [1.54, 1.807) is 26.2 Å². The van der Waals surface area contributed by atoms with Gasteiger partial charge >= 0.3 is 0 Å². The molecule has 0 aliphatic rings. The van der Waals surface area contributed by atoms with Crippen LogP contribution >= 0.6 is 0 Å². The predicted molar refractivity (Wildman–Crippen MR) is 72.8 cm³/mol. The van der Waals surface area contributed by atoms with Gasteiger partial charge in [0.05, 0.1) is 19.3 Å². The lowest BCUT2D eigenvalue weighted by atomic mass is 9.96. The first-order valence-electron chi connectivity index (χ1n) is 6.19. The van der Waals surface area contributed by atoms with Gasteiger partial charge in [-0.3, -0.25) is 4.98 Å². The molecule has 5 heteroatoms. The first-order valence-corrected chi connectivity index (χ1v) is 6.19. The van der Waals surface area contributed by atoms with Crippen LogP contribution in [0.25, 0.3) is 0 Å². The molecule has 0 aliphatic heterocycles. The summed E-state index contributed by atoms with van der Waals surface area (Å²) in [6, 6.07) is 3.73. The van der Waals surface area contributed by atoms with E-state index in [1.807, 2.05) is 0 Å². The van der Waals surface area contributed by atoms with Crippen molar-refractivity contribution in [1.82, 2.24) is 10.3 Å². The molecule has 0 spiro atoms. The molecule has 1 heterocycles. The second-order valence-corrected chi connectivity index (χ2v) is 4.43. The molecule has 0 aliphatic carbocycles. The standard InChI is InChI=1S/C15H16F2N2O/c1-9-4-5-11(16)13(14(9)17)15(18-2)10-6-7-19-8-12(10)20-3/h4-8,15,18H,1-3H3. The second kappa shape index (κ2) is 5.96. The Morgan fingerprint density at radius 3 is 2.65 bits per heavy atom. The Bertz CT molecular complexity index is 617. The maximum absolute atomic E-state index is 14.3. The van der Waals surface area contributed by atoms with Gasteiger partial charge in [0.15, 0.2) is 0 Å². The largest absolute Gasteiger partial charge is 0.495 e. The van der Waals surface area contributed by atoms with Crippen molar-refractivity contribution in [2.24, 2.45) is 0 Å². The number of methoxy groups -OCH3 is 1. The van der Waals surface area contributed by atoms with Crippen molar-refractivity contribution in [1.29, 1.82) is 0 Å². The average molecular weight is 278 g/mol. The third kappa shape index (κ3) is 2.49. The maximum Gasteiger partial charge on any atom is 0.142 e. The zero-order valence-corrected chi connectivity index (χ0v) is 11.6. The number of benzene rings is 1. The molecule has 1 aromatic heterocycles. The van der Waals surface area contributed by atoms with Gasteiger partial charge in [0.2, 0.25) is 0 Å². The summed E-state index contributed by atoms with van der Waals surface area (Å²) in [6.07, 6.45) is 3.08. The van der Waals surface area contributed by atoms with E-state index in [0.29, 0.717) is 16.9 Å². The zero-order valence-electron chi connectivity index (χ0n) is 11.6. The van der Waals surface area contributed by atoms with E-state index in [1.165, 1.54) is 25.4 Å². The molecule has 1 N–H and O–H groups in total. The molecular formula is C15H16F2N2O. The summed E-state index contributed by atoms with van der Waals surface area (Å²) >= 11 is 0. The van der Waals surface area contributed by atoms with Crippen LogP contribution in [0, 0.1) is 18.6 Å². The minimum atomic E-state index is -0.646. The van der Waals surface area contributed by atoms with Gasteiger partial charge in [-0.1, -0.05) is 6.07 Å². The molecule has 0 bridgehead atoms. The van der Waals surface area contributed by atoms with Gasteiger partial charge in [0, 0.05) is 17.3 Å². The lowest BCUT2D eigenvalue weighted by Crippen LogP contribution is -2.21. The van der Waals surface area contributed by atoms with Crippen molar-refractivity contribution in [2.75, 3.05) is 14.2 Å². The summed E-state index contributed by atoms with van der Waals surface area (Å²) in [5, 5.41) is 2.93. The topological polar surface area (TPSA) is 34.2 Å². The Kier molecular flexibility index (Phi) is 4.29. The molecule has 3 nitrogen and oxygen atoms in total. The molecule has 0 saturated carbocycles. The van der Waals surface area contributed by atoms with Crippen LogP contribution in [0.3, 0.4) is 0 Å². The molecule has 20 heavy (non-hydrogen) atoms. The Labute approximate surface area is 116 Å². The fourth-order valence-electron chi connectivity index (χ4n) is 2.20. The summed E-state index contributed by atoms with van der Waals surface area (Å²) in [6.45, 7) is 1.61. The molecule has 0 fully saturated rings. The summed E-state index contributed by atoms with van der Waals surface area (Å²) in [7, 11) is 3.14. The number of halogens is 2. The quantitative estimate of drug-likeness (QED) is 0.933. The minimum absolute atomic E-state index is 0.0167. The van der Waals surface area contributed by atoms with Crippen LogP contribution in [0.15, 0.2) is 30.6 Å². The lowest BCUT2D eigenvalue weighted by Gasteiger charge is -2.21. The smallest absolute Gasteiger partial charge is 0.142 e. The highest BCUT2D eigenvalue weighted by molar-refractivity contribution is 5.42. The number of hydrogen-bond acceptors (Lipinski definition) is 3. The van der Waals surface area contributed by atoms with E-state index >= 15 is 0 Å². The number of hydrogen-bond donors (Lipinski definition) is 1. The van der Waals surface area contributed by atoms with Gasteiger partial charge in [-0.15, -0.1) is 0 Å². The Hall–Kier alpha value is -2.01. The van der Waals surface area contributed by atoms with Crippen molar-refractivity contribution >= 4 is 0 Å². The monoisotopic (exact) mass is 278 g/mol. The SMILES string of the molecule is CNC(c1ccncc1OC)c1c(F)ccc(C)c1F. The van der Waals surface area contributed by atoms with Gasteiger partial charge in [-0.25, -0.2) is 8.78 Å². The molecule has 0 amide bonds. The Morgan fingerprint density at radius 2 is 2.00 bits per heavy atom. The highest BCUT2D eigenvalue weighted by atomic mass is 19.1. The average Bonchev–Trinajstić information content (AvgIpc) is 2.47. The van der Waals surface area contributed by atoms with Crippen LogP contribution in [-0.2, 0) is 0 Å². The molecule has 0 saturated heterocycles. The summed E-state index contributed by atoms with van der Waals surface area (Å²) in [4.78, 5) is 3.95. The first-order chi connectivity index (χ1) is 9.60. The van der Waals surface area contributed by atoms with E-state index in [4.69, 9.17) is 4.74 Å². The first kappa shape index (κ1) is 14.4. The fraction of sp³-hybridized carbons (Fsp3) is 0.267. The molecule has 1 unspecified atom stereocenters. The predicted octanol–water partition coefficient (Wildman–Crippen LogP) is 2.99. The lowest BCUT2D eigenvalue weighted by molar-refractivity contribution is 0.401. The number of nitrogens with one attached hydrogen (secondary N) is 1. The van der Waals surface area contributed by atoms with Crippen molar-refractivity contribution in [2.45, 2.75) is 13.0 Å². The van der Waals surface area contributed by atoms with Crippen molar-refractivity contribution in [3.05, 3.63) is 58.9 Å². The van der Waals surface area contributed by atoms with E-state index in [0.717, 1.165) is 0 Å². The molecule has 2 aromatic rings.